The standard InChI is InChI=1S/C35H48N4O4/c40-25-29-23-36(22-27-12-5-2-1-3-6-13-27)21-19-31(29)39-33-18-10-9-17-32(33)38(34(39)41)24-30-16-11-20-37(30)35(42)43-26-28-14-7-4-8-15-28/h4,7-10,14-15,17-18,27,29-31,40H,1-3,5-6,11-13,16,19-26H2/t29-,30-,31+/m0/s1. The van der Waals surface area contributed by atoms with Crippen molar-refractivity contribution < 1.29 is 14.6 Å². The lowest BCUT2D eigenvalue weighted by Crippen LogP contribution is -2.47. The Morgan fingerprint density at radius 2 is 1.53 bits per heavy atom. The van der Waals surface area contributed by atoms with Gasteiger partial charge in [-0.15, -0.1) is 0 Å². The molecule has 232 valence electrons. The fourth-order valence-corrected chi connectivity index (χ4v) is 7.88. The SMILES string of the molecule is O=C(OCc1ccccc1)N1CCC[C@H]1Cn1c(=O)n([C@@H]2CCN(CC3CCCCCCC3)C[C@H]2CO)c2ccccc21. The molecule has 0 radical (unpaired) electrons. The van der Waals surface area contributed by atoms with Gasteiger partial charge in [0.25, 0.3) is 0 Å². The van der Waals surface area contributed by atoms with Crippen LogP contribution in [0, 0.1) is 11.8 Å². The molecule has 2 saturated heterocycles. The number of nitrogens with zero attached hydrogens (tertiary/aromatic N) is 4. The molecular formula is C35H48N4O4. The summed E-state index contributed by atoms with van der Waals surface area (Å²) in [5.41, 5.74) is 2.73. The first-order valence-corrected chi connectivity index (χ1v) is 16.6. The number of aliphatic hydroxyl groups excluding tert-OH is 1. The third-order valence-electron chi connectivity index (χ3n) is 10.2. The summed E-state index contributed by atoms with van der Waals surface area (Å²) in [6, 6.07) is 17.6. The number of para-hydroxylation sites is 2. The van der Waals surface area contributed by atoms with Crippen LogP contribution >= 0.6 is 0 Å². The number of hydrogen-bond acceptors (Lipinski definition) is 5. The van der Waals surface area contributed by atoms with E-state index in [0.29, 0.717) is 13.1 Å². The van der Waals surface area contributed by atoms with Crippen molar-refractivity contribution in [2.24, 2.45) is 11.8 Å². The van der Waals surface area contributed by atoms with E-state index in [1.54, 1.807) is 4.90 Å². The second-order valence-electron chi connectivity index (χ2n) is 13.1. The van der Waals surface area contributed by atoms with Gasteiger partial charge in [0.1, 0.15) is 6.61 Å². The fourth-order valence-electron chi connectivity index (χ4n) is 7.88. The van der Waals surface area contributed by atoms with Gasteiger partial charge in [-0.05, 0) is 55.7 Å². The van der Waals surface area contributed by atoms with E-state index in [0.717, 1.165) is 61.4 Å². The second kappa shape index (κ2) is 14.1. The van der Waals surface area contributed by atoms with Gasteiger partial charge in [0.05, 0.1) is 17.1 Å². The van der Waals surface area contributed by atoms with Crippen molar-refractivity contribution in [1.29, 1.82) is 0 Å². The minimum absolute atomic E-state index is 0.00945. The minimum atomic E-state index is -0.319. The molecule has 1 amide bonds. The van der Waals surface area contributed by atoms with E-state index >= 15 is 0 Å². The monoisotopic (exact) mass is 588 g/mol. The molecule has 1 aromatic heterocycles. The van der Waals surface area contributed by atoms with Gasteiger partial charge in [-0.3, -0.25) is 9.13 Å². The lowest BCUT2D eigenvalue weighted by atomic mass is 9.88. The summed E-state index contributed by atoms with van der Waals surface area (Å²) in [5.74, 6) is 0.754. The summed E-state index contributed by atoms with van der Waals surface area (Å²) in [6.45, 7) is 4.28. The summed E-state index contributed by atoms with van der Waals surface area (Å²) in [4.78, 5) is 31.6. The number of aliphatic hydroxyl groups is 1. The van der Waals surface area contributed by atoms with E-state index in [1.807, 2.05) is 63.7 Å². The smallest absolute Gasteiger partial charge is 0.410 e. The third-order valence-corrected chi connectivity index (χ3v) is 10.2. The summed E-state index contributed by atoms with van der Waals surface area (Å²) in [6.07, 6.45) is 11.7. The number of benzene rings is 2. The number of amides is 1. The molecule has 1 saturated carbocycles. The van der Waals surface area contributed by atoms with Gasteiger partial charge in [-0.25, -0.2) is 9.59 Å². The molecule has 2 aromatic carbocycles. The molecule has 3 heterocycles. The molecule has 8 heteroatoms. The van der Waals surface area contributed by atoms with Crippen molar-refractivity contribution in [3.05, 3.63) is 70.6 Å². The Labute approximate surface area is 255 Å². The van der Waals surface area contributed by atoms with Crippen LogP contribution in [0.3, 0.4) is 0 Å². The number of carbonyl (C=O) groups excluding carboxylic acids is 1. The molecule has 1 aliphatic carbocycles. The Kier molecular flexibility index (Phi) is 9.84. The van der Waals surface area contributed by atoms with Gasteiger partial charge in [0, 0.05) is 51.3 Å². The predicted molar refractivity (Wildman–Crippen MR) is 169 cm³/mol. The van der Waals surface area contributed by atoms with E-state index in [-0.39, 0.29) is 43.0 Å². The van der Waals surface area contributed by atoms with Crippen LogP contribution in [0.4, 0.5) is 4.79 Å². The molecule has 3 atom stereocenters. The molecule has 8 nitrogen and oxygen atoms in total. The zero-order valence-corrected chi connectivity index (χ0v) is 25.5. The zero-order chi connectivity index (χ0) is 29.6. The van der Waals surface area contributed by atoms with Crippen LogP contribution in [0.15, 0.2) is 59.4 Å². The van der Waals surface area contributed by atoms with Crippen molar-refractivity contribution in [2.75, 3.05) is 32.8 Å². The lowest BCUT2D eigenvalue weighted by Gasteiger charge is -2.40. The third kappa shape index (κ3) is 6.86. The van der Waals surface area contributed by atoms with Crippen LogP contribution in [-0.2, 0) is 17.9 Å². The van der Waals surface area contributed by atoms with Crippen molar-refractivity contribution in [2.45, 2.75) is 89.4 Å². The maximum Gasteiger partial charge on any atom is 0.410 e. The van der Waals surface area contributed by atoms with E-state index in [4.69, 9.17) is 4.74 Å². The number of fused-ring (bicyclic) bond motifs is 1. The average molecular weight is 589 g/mol. The van der Waals surface area contributed by atoms with Crippen LogP contribution in [-0.4, -0.2) is 69.0 Å². The highest BCUT2D eigenvalue weighted by Crippen LogP contribution is 2.33. The van der Waals surface area contributed by atoms with Gasteiger partial charge < -0.3 is 19.6 Å². The maximum absolute atomic E-state index is 14.2. The average Bonchev–Trinajstić information content (AvgIpc) is 3.60. The number of likely N-dealkylation sites (tertiary alicyclic amines) is 2. The summed E-state index contributed by atoms with van der Waals surface area (Å²) in [5, 5.41) is 10.5. The van der Waals surface area contributed by atoms with Crippen molar-refractivity contribution >= 4 is 17.1 Å². The van der Waals surface area contributed by atoms with E-state index in [9.17, 15) is 14.7 Å². The highest BCUT2D eigenvalue weighted by Gasteiger charge is 2.35. The highest BCUT2D eigenvalue weighted by molar-refractivity contribution is 5.76. The molecule has 2 aliphatic heterocycles. The van der Waals surface area contributed by atoms with E-state index in [1.165, 1.54) is 44.9 Å². The first kappa shape index (κ1) is 29.9. The molecular weight excluding hydrogens is 540 g/mol. The molecule has 3 fully saturated rings. The van der Waals surface area contributed by atoms with Crippen LogP contribution in [0.1, 0.15) is 75.8 Å². The van der Waals surface area contributed by atoms with Crippen LogP contribution in [0.5, 0.6) is 0 Å². The van der Waals surface area contributed by atoms with Gasteiger partial charge >= 0.3 is 11.8 Å². The van der Waals surface area contributed by atoms with Crippen LogP contribution in [0.25, 0.3) is 11.0 Å². The topological polar surface area (TPSA) is 79.9 Å². The highest BCUT2D eigenvalue weighted by atomic mass is 16.6. The number of imidazole rings is 1. The summed E-state index contributed by atoms with van der Waals surface area (Å²) >= 11 is 0. The fraction of sp³-hybridized carbons (Fsp3) is 0.600. The summed E-state index contributed by atoms with van der Waals surface area (Å²) < 4.78 is 9.48. The number of ether oxygens (including phenoxy) is 1. The van der Waals surface area contributed by atoms with Crippen LogP contribution in [0.2, 0.25) is 0 Å². The molecule has 0 bridgehead atoms. The first-order chi connectivity index (χ1) is 21.1. The molecule has 43 heavy (non-hydrogen) atoms. The number of hydrogen-bond donors (Lipinski definition) is 1. The number of aromatic nitrogens is 2. The molecule has 3 aromatic rings. The zero-order valence-electron chi connectivity index (χ0n) is 25.5. The van der Waals surface area contributed by atoms with E-state index < -0.39 is 0 Å². The quantitative estimate of drug-likeness (QED) is 0.359. The Hall–Kier alpha value is -3.10. The van der Waals surface area contributed by atoms with Crippen molar-refractivity contribution in [3.63, 3.8) is 0 Å². The Balaban J connectivity index is 1.17. The number of carbonyl (C=O) groups is 1. The van der Waals surface area contributed by atoms with Crippen LogP contribution < -0.4 is 5.69 Å². The largest absolute Gasteiger partial charge is 0.445 e. The maximum atomic E-state index is 14.2. The lowest BCUT2D eigenvalue weighted by molar-refractivity contribution is 0.0644. The molecule has 3 aliphatic rings. The normalized spacial score (nSPS) is 24.2. The van der Waals surface area contributed by atoms with Crippen molar-refractivity contribution in [3.8, 4) is 0 Å². The predicted octanol–water partition coefficient (Wildman–Crippen LogP) is 5.82. The summed E-state index contributed by atoms with van der Waals surface area (Å²) in [7, 11) is 0. The Bertz CT molecular complexity index is 1390. The van der Waals surface area contributed by atoms with Gasteiger partial charge in [0.2, 0.25) is 0 Å². The number of rotatable bonds is 8. The van der Waals surface area contributed by atoms with Gasteiger partial charge in [-0.2, -0.15) is 0 Å². The minimum Gasteiger partial charge on any atom is -0.445 e. The van der Waals surface area contributed by atoms with E-state index in [2.05, 4.69) is 4.90 Å². The molecule has 6 rings (SSSR count). The van der Waals surface area contributed by atoms with Crippen molar-refractivity contribution in [1.82, 2.24) is 18.9 Å². The first-order valence-electron chi connectivity index (χ1n) is 16.6. The Morgan fingerprint density at radius 1 is 0.814 bits per heavy atom. The molecule has 1 N–H and O–H groups in total. The number of piperidine rings is 1. The molecule has 0 spiro atoms. The Morgan fingerprint density at radius 3 is 2.30 bits per heavy atom. The molecule has 0 unspecified atom stereocenters. The van der Waals surface area contributed by atoms with Gasteiger partial charge in [0.15, 0.2) is 0 Å². The second-order valence-corrected chi connectivity index (χ2v) is 13.1. The van der Waals surface area contributed by atoms with Gasteiger partial charge in [-0.1, -0.05) is 74.6 Å².